The molecule has 0 spiro atoms. The van der Waals surface area contributed by atoms with Gasteiger partial charge in [0.25, 0.3) is 0 Å². The number of nitrogens with two attached hydrogens (primary N) is 1. The first-order valence-electron chi connectivity index (χ1n) is 5.81. The maximum absolute atomic E-state index is 14.2. The van der Waals surface area contributed by atoms with Gasteiger partial charge in [0.15, 0.2) is 0 Å². The van der Waals surface area contributed by atoms with Crippen molar-refractivity contribution in [3.05, 3.63) is 46.3 Å². The maximum Gasteiger partial charge on any atom is 0.250 e. The van der Waals surface area contributed by atoms with Gasteiger partial charge < -0.3 is 10.8 Å². The zero-order chi connectivity index (χ0) is 15.1. The Kier molecular flexibility index (Phi) is 3.62. The van der Waals surface area contributed by atoms with Crippen molar-refractivity contribution in [3.63, 3.8) is 0 Å². The molecule has 3 N–H and O–H groups in total. The molecule has 0 aliphatic rings. The van der Waals surface area contributed by atoms with Crippen LogP contribution in [0.1, 0.15) is 29.8 Å². The fraction of sp³-hybridized carbons (Fsp3) is 0.214. The summed E-state index contributed by atoms with van der Waals surface area (Å²) in [6.07, 6.45) is 0. The molecule has 2 rings (SSSR count). The lowest BCUT2D eigenvalue weighted by Crippen LogP contribution is -2.16. The van der Waals surface area contributed by atoms with E-state index in [-0.39, 0.29) is 21.6 Å². The third-order valence-corrected chi connectivity index (χ3v) is 3.84. The lowest BCUT2D eigenvalue weighted by molar-refractivity contribution is 0.0778. The smallest absolute Gasteiger partial charge is 0.250 e. The molecule has 0 aliphatic carbocycles. The molecule has 1 heterocycles. The summed E-state index contributed by atoms with van der Waals surface area (Å²) >= 11 is 1.03. The third-order valence-electron chi connectivity index (χ3n) is 2.91. The monoisotopic (exact) mass is 297 g/mol. The van der Waals surface area contributed by atoms with E-state index in [0.717, 1.165) is 23.5 Å². The van der Waals surface area contributed by atoms with E-state index >= 15 is 0 Å². The lowest BCUT2D eigenvalue weighted by atomic mass is 9.95. The number of halogens is 2. The Morgan fingerprint density at radius 1 is 1.30 bits per heavy atom. The van der Waals surface area contributed by atoms with E-state index in [1.807, 2.05) is 0 Å². The van der Waals surface area contributed by atoms with Crippen LogP contribution in [0, 0.1) is 11.6 Å². The number of hydrogen-bond donors (Lipinski definition) is 2. The Balaban J connectivity index is 2.65. The van der Waals surface area contributed by atoms with Crippen molar-refractivity contribution in [2.75, 3.05) is 0 Å². The van der Waals surface area contributed by atoms with Gasteiger partial charge in [-0.2, -0.15) is 0 Å². The summed E-state index contributed by atoms with van der Waals surface area (Å²) in [6, 6.07) is 3.54. The van der Waals surface area contributed by atoms with Crippen LogP contribution in [-0.2, 0) is 5.60 Å². The zero-order valence-corrected chi connectivity index (χ0v) is 11.7. The third kappa shape index (κ3) is 2.57. The van der Waals surface area contributed by atoms with Gasteiger partial charge >= 0.3 is 0 Å². The Morgan fingerprint density at radius 2 is 1.85 bits per heavy atom. The van der Waals surface area contributed by atoms with E-state index in [0.29, 0.717) is 0 Å². The van der Waals surface area contributed by atoms with Crippen molar-refractivity contribution in [2.24, 2.45) is 5.73 Å². The van der Waals surface area contributed by atoms with Crippen LogP contribution >= 0.6 is 11.3 Å². The second-order valence-corrected chi connectivity index (χ2v) is 5.82. The fourth-order valence-electron chi connectivity index (χ4n) is 1.84. The predicted molar refractivity (Wildman–Crippen MR) is 73.4 cm³/mol. The number of thiophene rings is 1. The van der Waals surface area contributed by atoms with Gasteiger partial charge in [-0.15, -0.1) is 11.3 Å². The molecule has 1 aromatic heterocycles. The summed E-state index contributed by atoms with van der Waals surface area (Å²) in [4.78, 5) is 11.4. The summed E-state index contributed by atoms with van der Waals surface area (Å²) in [6.45, 7) is 2.86. The summed E-state index contributed by atoms with van der Waals surface area (Å²) < 4.78 is 28.3. The molecule has 1 amide bonds. The molecule has 106 valence electrons. The normalized spacial score (nSPS) is 11.7. The van der Waals surface area contributed by atoms with Gasteiger partial charge in [0.05, 0.1) is 21.6 Å². The van der Waals surface area contributed by atoms with E-state index < -0.39 is 23.1 Å². The predicted octanol–water partition coefficient (Wildman–Crippen LogP) is 3.02. The van der Waals surface area contributed by atoms with Gasteiger partial charge in [0.2, 0.25) is 5.91 Å². The zero-order valence-electron chi connectivity index (χ0n) is 10.9. The highest BCUT2D eigenvalue weighted by Gasteiger charge is 2.24. The average molecular weight is 297 g/mol. The van der Waals surface area contributed by atoms with Crippen molar-refractivity contribution in [1.29, 1.82) is 0 Å². The molecule has 1 aromatic carbocycles. The summed E-state index contributed by atoms with van der Waals surface area (Å²) in [7, 11) is 0. The van der Waals surface area contributed by atoms with Crippen LogP contribution < -0.4 is 5.73 Å². The minimum atomic E-state index is -1.36. The first-order valence-corrected chi connectivity index (χ1v) is 6.69. The molecule has 20 heavy (non-hydrogen) atoms. The van der Waals surface area contributed by atoms with Gasteiger partial charge in [-0.25, -0.2) is 8.78 Å². The van der Waals surface area contributed by atoms with Crippen molar-refractivity contribution < 1.29 is 18.7 Å². The molecular formula is C14H13F2NO2S. The van der Waals surface area contributed by atoms with Crippen LogP contribution in [0.25, 0.3) is 10.4 Å². The second-order valence-electron chi connectivity index (χ2n) is 4.90. The summed E-state index contributed by atoms with van der Waals surface area (Å²) in [5.41, 5.74) is 3.71. The maximum atomic E-state index is 14.2. The van der Waals surface area contributed by atoms with Gasteiger partial charge in [0.1, 0.15) is 11.6 Å². The van der Waals surface area contributed by atoms with E-state index in [9.17, 15) is 18.7 Å². The topological polar surface area (TPSA) is 63.3 Å². The van der Waals surface area contributed by atoms with Crippen molar-refractivity contribution in [3.8, 4) is 10.4 Å². The lowest BCUT2D eigenvalue weighted by Gasteiger charge is -2.19. The van der Waals surface area contributed by atoms with E-state index in [4.69, 9.17) is 5.73 Å². The largest absolute Gasteiger partial charge is 0.386 e. The molecule has 0 radical (unpaired) electrons. The van der Waals surface area contributed by atoms with Crippen molar-refractivity contribution in [1.82, 2.24) is 0 Å². The molecule has 0 fully saturated rings. The number of primary amides is 1. The Bertz CT molecular complexity index is 651. The fourth-order valence-corrected chi connectivity index (χ4v) is 2.79. The van der Waals surface area contributed by atoms with Gasteiger partial charge in [-0.05, 0) is 43.0 Å². The average Bonchev–Trinajstić information content (AvgIpc) is 2.75. The SMILES string of the molecule is CC(C)(O)c1cc(F)c(-c2sccc2C(N)=O)c(F)c1. The number of hydrogen-bond acceptors (Lipinski definition) is 3. The number of rotatable bonds is 3. The quantitative estimate of drug-likeness (QED) is 0.914. The van der Waals surface area contributed by atoms with Crippen LogP contribution in [0.15, 0.2) is 23.6 Å². The van der Waals surface area contributed by atoms with E-state index in [2.05, 4.69) is 0 Å². The Morgan fingerprint density at radius 3 is 2.30 bits per heavy atom. The number of amides is 1. The molecule has 3 nitrogen and oxygen atoms in total. The van der Waals surface area contributed by atoms with Gasteiger partial charge in [-0.1, -0.05) is 0 Å². The van der Waals surface area contributed by atoms with Gasteiger partial charge in [0, 0.05) is 0 Å². The Labute approximate surface area is 118 Å². The van der Waals surface area contributed by atoms with Crippen LogP contribution in [0.5, 0.6) is 0 Å². The number of aliphatic hydroxyl groups is 1. The minimum absolute atomic E-state index is 0.0730. The molecule has 0 aliphatic heterocycles. The molecular weight excluding hydrogens is 284 g/mol. The standard InChI is InChI=1S/C14H13F2NO2S/c1-14(2,19)7-5-9(15)11(10(16)6-7)12-8(13(17)18)3-4-20-12/h3-6,19H,1-2H3,(H2,17,18). The molecule has 0 atom stereocenters. The number of benzene rings is 1. The molecule has 6 heteroatoms. The summed E-state index contributed by atoms with van der Waals surface area (Å²) in [5, 5.41) is 11.3. The highest BCUT2D eigenvalue weighted by Crippen LogP contribution is 2.35. The van der Waals surface area contributed by atoms with Gasteiger partial charge in [-0.3, -0.25) is 4.79 Å². The molecule has 0 bridgehead atoms. The van der Waals surface area contributed by atoms with Crippen LogP contribution in [-0.4, -0.2) is 11.0 Å². The van der Waals surface area contributed by atoms with E-state index in [1.54, 1.807) is 0 Å². The molecule has 0 saturated heterocycles. The van der Waals surface area contributed by atoms with Crippen molar-refractivity contribution in [2.45, 2.75) is 19.4 Å². The minimum Gasteiger partial charge on any atom is -0.386 e. The van der Waals surface area contributed by atoms with Crippen LogP contribution in [0.3, 0.4) is 0 Å². The second kappa shape index (κ2) is 4.96. The highest BCUT2D eigenvalue weighted by molar-refractivity contribution is 7.14. The molecule has 0 saturated carbocycles. The van der Waals surface area contributed by atoms with E-state index in [1.165, 1.54) is 25.3 Å². The number of carbonyl (C=O) groups is 1. The molecule has 2 aromatic rings. The number of carbonyl (C=O) groups excluding carboxylic acids is 1. The Hall–Kier alpha value is -1.79. The highest BCUT2D eigenvalue weighted by atomic mass is 32.1. The van der Waals surface area contributed by atoms with Crippen molar-refractivity contribution >= 4 is 17.2 Å². The summed E-state index contributed by atoms with van der Waals surface area (Å²) in [5.74, 6) is -2.43. The van der Waals surface area contributed by atoms with Crippen LogP contribution in [0.2, 0.25) is 0 Å². The first kappa shape index (κ1) is 14.6. The first-order chi connectivity index (χ1) is 9.21. The van der Waals surface area contributed by atoms with Crippen LogP contribution in [0.4, 0.5) is 8.78 Å². The molecule has 0 unspecified atom stereocenters.